The first-order valence-corrected chi connectivity index (χ1v) is 14.3. The molecule has 1 aliphatic rings. The molecular formula is C31H30N6O10. The van der Waals surface area contributed by atoms with Crippen LogP contribution in [0.15, 0.2) is 67.0 Å². The van der Waals surface area contributed by atoms with Gasteiger partial charge in [0.1, 0.15) is 12.7 Å². The predicted octanol–water partition coefficient (Wildman–Crippen LogP) is 3.45. The zero-order chi connectivity index (χ0) is 33.7. The molecule has 16 heteroatoms. The van der Waals surface area contributed by atoms with E-state index in [2.05, 4.69) is 20.3 Å². The van der Waals surface area contributed by atoms with Gasteiger partial charge in [0.15, 0.2) is 29.6 Å². The quantitative estimate of drug-likeness (QED) is 0.206. The monoisotopic (exact) mass is 646 g/mol. The minimum absolute atomic E-state index is 0.00520. The van der Waals surface area contributed by atoms with Crippen molar-refractivity contribution in [3.05, 3.63) is 67.0 Å². The summed E-state index contributed by atoms with van der Waals surface area (Å²) < 4.78 is 29.3. The smallest absolute Gasteiger partial charge is 0.425 e. The van der Waals surface area contributed by atoms with Gasteiger partial charge in [-0.05, 0) is 24.3 Å². The number of carbonyl (C=O) groups is 5. The second kappa shape index (κ2) is 14.0. The largest absolute Gasteiger partial charge is 0.463 e. The number of aromatic nitrogens is 4. The normalized spacial score (nSPS) is 18.6. The van der Waals surface area contributed by atoms with E-state index < -0.39 is 54.4 Å². The molecule has 2 aromatic heterocycles. The Morgan fingerprint density at radius 2 is 1.43 bits per heavy atom. The van der Waals surface area contributed by atoms with Crippen molar-refractivity contribution in [1.82, 2.24) is 19.5 Å². The molecule has 1 saturated heterocycles. The summed E-state index contributed by atoms with van der Waals surface area (Å²) in [5.41, 5.74) is 0.974. The molecule has 2 amide bonds. The number of para-hydroxylation sites is 2. The molecule has 4 atom stereocenters. The van der Waals surface area contributed by atoms with Crippen LogP contribution in [0.25, 0.3) is 11.2 Å². The van der Waals surface area contributed by atoms with Crippen molar-refractivity contribution in [2.75, 3.05) is 16.8 Å². The number of hydrogen-bond donors (Lipinski definition) is 1. The Bertz CT molecular complexity index is 1760. The number of fused-ring (bicyclic) bond motifs is 1. The van der Waals surface area contributed by atoms with Gasteiger partial charge in [-0.25, -0.2) is 14.7 Å². The molecule has 16 nitrogen and oxygen atoms in total. The van der Waals surface area contributed by atoms with Crippen LogP contribution in [0.1, 0.15) is 33.9 Å². The van der Waals surface area contributed by atoms with Crippen molar-refractivity contribution >= 4 is 58.4 Å². The molecular weight excluding hydrogens is 616 g/mol. The van der Waals surface area contributed by atoms with Crippen LogP contribution in [0.3, 0.4) is 0 Å². The number of amides is 2. The van der Waals surface area contributed by atoms with Crippen LogP contribution < -0.4 is 15.0 Å². The Morgan fingerprint density at radius 3 is 1.98 bits per heavy atom. The van der Waals surface area contributed by atoms with Gasteiger partial charge in [-0.2, -0.15) is 9.97 Å². The summed E-state index contributed by atoms with van der Waals surface area (Å²) in [6.07, 6.45) is -4.34. The fraction of sp³-hybridized carbons (Fsp3) is 0.290. The lowest BCUT2D eigenvalue weighted by Gasteiger charge is -2.24. The summed E-state index contributed by atoms with van der Waals surface area (Å²) >= 11 is 0. The topological polar surface area (TPSA) is 190 Å². The third-order valence-electron chi connectivity index (χ3n) is 6.69. The number of anilines is 3. The molecule has 1 aliphatic heterocycles. The van der Waals surface area contributed by atoms with Crippen molar-refractivity contribution < 1.29 is 47.7 Å². The average molecular weight is 647 g/mol. The predicted molar refractivity (Wildman–Crippen MR) is 162 cm³/mol. The Labute approximate surface area is 267 Å². The van der Waals surface area contributed by atoms with E-state index in [0.29, 0.717) is 11.4 Å². The number of carbonyl (C=O) groups excluding carboxylic acids is 5. The molecule has 0 unspecified atom stereocenters. The van der Waals surface area contributed by atoms with Crippen LogP contribution in [0.5, 0.6) is 5.88 Å². The van der Waals surface area contributed by atoms with E-state index in [4.69, 9.17) is 23.7 Å². The first-order valence-electron chi connectivity index (χ1n) is 14.3. The molecule has 0 spiro atoms. The number of rotatable bonds is 9. The van der Waals surface area contributed by atoms with Crippen molar-refractivity contribution in [3.8, 4) is 5.88 Å². The summed E-state index contributed by atoms with van der Waals surface area (Å²) in [4.78, 5) is 75.9. The highest BCUT2D eigenvalue weighted by Crippen LogP contribution is 2.37. The molecule has 3 heterocycles. The summed E-state index contributed by atoms with van der Waals surface area (Å²) in [6.45, 7) is 4.42. The fourth-order valence-corrected chi connectivity index (χ4v) is 4.92. The van der Waals surface area contributed by atoms with Crippen LogP contribution in [0.2, 0.25) is 0 Å². The van der Waals surface area contributed by atoms with E-state index >= 15 is 0 Å². The lowest BCUT2D eigenvalue weighted by atomic mass is 10.1. The molecule has 0 saturated carbocycles. The zero-order valence-electron chi connectivity index (χ0n) is 25.7. The van der Waals surface area contributed by atoms with E-state index in [0.717, 1.165) is 13.8 Å². The average Bonchev–Trinajstić information content (AvgIpc) is 3.57. The molecule has 1 N–H and O–H groups in total. The van der Waals surface area contributed by atoms with Gasteiger partial charge in [0.05, 0.1) is 17.7 Å². The van der Waals surface area contributed by atoms with E-state index in [9.17, 15) is 24.0 Å². The molecule has 4 aromatic rings. The zero-order valence-corrected chi connectivity index (χ0v) is 25.7. The van der Waals surface area contributed by atoms with E-state index in [1.807, 2.05) is 0 Å². The second-order valence-electron chi connectivity index (χ2n) is 10.2. The first-order chi connectivity index (χ1) is 22.5. The highest BCUT2D eigenvalue weighted by atomic mass is 16.7. The third-order valence-corrected chi connectivity index (χ3v) is 6.69. The van der Waals surface area contributed by atoms with E-state index in [1.165, 1.54) is 29.6 Å². The van der Waals surface area contributed by atoms with Gasteiger partial charge in [0.25, 0.3) is 5.88 Å². The van der Waals surface area contributed by atoms with E-state index in [-0.39, 0.29) is 29.6 Å². The van der Waals surface area contributed by atoms with Crippen LogP contribution in [0, 0.1) is 0 Å². The van der Waals surface area contributed by atoms with Crippen LogP contribution in [0.4, 0.5) is 22.1 Å². The molecule has 244 valence electrons. The maximum Gasteiger partial charge on any atom is 0.425 e. The van der Waals surface area contributed by atoms with Gasteiger partial charge in [0.2, 0.25) is 11.9 Å². The van der Waals surface area contributed by atoms with Gasteiger partial charge >= 0.3 is 24.0 Å². The maximum absolute atomic E-state index is 13.8. The fourth-order valence-electron chi connectivity index (χ4n) is 4.92. The van der Waals surface area contributed by atoms with Crippen molar-refractivity contribution in [1.29, 1.82) is 0 Å². The number of imidazole rings is 1. The van der Waals surface area contributed by atoms with Crippen molar-refractivity contribution in [2.45, 2.75) is 52.2 Å². The third kappa shape index (κ3) is 7.50. The van der Waals surface area contributed by atoms with Crippen LogP contribution >= 0.6 is 0 Å². The minimum atomic E-state index is -1.26. The van der Waals surface area contributed by atoms with Gasteiger partial charge < -0.3 is 23.7 Å². The standard InChI is InChI=1S/C31H30N6O10/c1-17(38)33-30-34-27-24(28(35-30)47-31(42)37(21-11-7-5-8-12-21)22-13-9-6-10-14-22)32-16-36(27)29-26(45-20(4)41)25(44-19(3)40)23(46-29)15-43-18(2)39/h5-14,16,23,25-26,29H,15H2,1-4H3,(H,33,34,35,38)/t23-,25-,26-,29-/m0/s1. The second-order valence-corrected chi connectivity index (χ2v) is 10.2. The van der Waals surface area contributed by atoms with Gasteiger partial charge in [-0.1, -0.05) is 36.4 Å². The summed E-state index contributed by atoms with van der Waals surface area (Å²) in [5, 5.41) is 2.47. The van der Waals surface area contributed by atoms with E-state index in [1.54, 1.807) is 60.7 Å². The Morgan fingerprint density at radius 1 is 0.830 bits per heavy atom. The number of hydrogen-bond acceptors (Lipinski definition) is 13. The molecule has 0 radical (unpaired) electrons. The molecule has 0 aliphatic carbocycles. The Kier molecular flexibility index (Phi) is 9.70. The highest BCUT2D eigenvalue weighted by molar-refractivity contribution is 5.98. The minimum Gasteiger partial charge on any atom is -0.463 e. The van der Waals surface area contributed by atoms with Crippen LogP contribution in [-0.2, 0) is 38.1 Å². The van der Waals surface area contributed by atoms with Gasteiger partial charge in [-0.3, -0.25) is 29.1 Å². The molecule has 47 heavy (non-hydrogen) atoms. The highest BCUT2D eigenvalue weighted by Gasteiger charge is 2.51. The Balaban J connectivity index is 1.58. The number of ether oxygens (including phenoxy) is 5. The summed E-state index contributed by atoms with van der Waals surface area (Å²) in [5.74, 6) is -3.11. The first kappa shape index (κ1) is 32.5. The molecule has 2 aromatic carbocycles. The number of nitrogens with zero attached hydrogens (tertiary/aromatic N) is 5. The number of nitrogens with one attached hydrogen (secondary N) is 1. The summed E-state index contributed by atoms with van der Waals surface area (Å²) in [7, 11) is 0. The molecule has 1 fully saturated rings. The lowest BCUT2D eigenvalue weighted by Crippen LogP contribution is -2.40. The SMILES string of the molecule is CC(=O)Nc1nc(OC(=O)N(c2ccccc2)c2ccccc2)c2ncn([C@H]3O[C@@H](COC(C)=O)[C@H](OC(C)=O)[C@@H]3OC(C)=O)c2n1. The van der Waals surface area contributed by atoms with Crippen molar-refractivity contribution in [3.63, 3.8) is 0 Å². The Hall–Kier alpha value is -5.90. The maximum atomic E-state index is 13.8. The molecule has 0 bridgehead atoms. The molecule has 5 rings (SSSR count). The lowest BCUT2D eigenvalue weighted by molar-refractivity contribution is -0.166. The number of benzene rings is 2. The van der Waals surface area contributed by atoms with Crippen molar-refractivity contribution in [2.24, 2.45) is 0 Å². The van der Waals surface area contributed by atoms with Gasteiger partial charge in [-0.15, -0.1) is 0 Å². The van der Waals surface area contributed by atoms with Crippen LogP contribution in [-0.4, -0.2) is 74.3 Å². The number of esters is 3. The summed E-state index contributed by atoms with van der Waals surface area (Å²) in [6, 6.07) is 17.5. The van der Waals surface area contributed by atoms with Gasteiger partial charge in [0, 0.05) is 27.7 Å².